The summed E-state index contributed by atoms with van der Waals surface area (Å²) < 4.78 is 0. The molecule has 0 fully saturated rings. The molecule has 144 valence electrons. The van der Waals surface area contributed by atoms with Gasteiger partial charge in [-0.2, -0.15) is 5.10 Å². The van der Waals surface area contributed by atoms with Crippen LogP contribution in [-0.4, -0.2) is 21.6 Å². The van der Waals surface area contributed by atoms with E-state index in [-0.39, 0.29) is 0 Å². The zero-order chi connectivity index (χ0) is 20.4. The highest BCUT2D eigenvalue weighted by Crippen LogP contribution is 2.24. The van der Waals surface area contributed by atoms with E-state index in [1.807, 2.05) is 13.8 Å². The molecule has 0 aliphatic heterocycles. The summed E-state index contributed by atoms with van der Waals surface area (Å²) in [6, 6.07) is 12.6. The molecule has 3 aromatic rings. The average Bonchev–Trinajstić information content (AvgIpc) is 3.01. The van der Waals surface area contributed by atoms with Gasteiger partial charge in [0.05, 0.1) is 28.5 Å². The zero-order valence-corrected chi connectivity index (χ0v) is 17.8. The van der Waals surface area contributed by atoms with Crippen LogP contribution in [0.15, 0.2) is 46.4 Å². The molecule has 28 heavy (non-hydrogen) atoms. The number of benzene rings is 2. The Hall–Kier alpha value is -3.01. The van der Waals surface area contributed by atoms with Crippen LogP contribution in [0.3, 0.4) is 0 Å². The average molecular weight is 373 g/mol. The Balaban J connectivity index is 1.94. The quantitative estimate of drug-likeness (QED) is 0.542. The van der Waals surface area contributed by atoms with Gasteiger partial charge in [-0.05, 0) is 71.7 Å². The predicted molar refractivity (Wildman–Crippen MR) is 119 cm³/mol. The van der Waals surface area contributed by atoms with Crippen LogP contribution in [0.1, 0.15) is 53.1 Å². The number of rotatable bonds is 4. The number of H-pyrrole nitrogens is 1. The van der Waals surface area contributed by atoms with E-state index in [0.29, 0.717) is 0 Å². The van der Waals surface area contributed by atoms with Gasteiger partial charge in [-0.25, -0.2) is 0 Å². The van der Waals surface area contributed by atoms with Gasteiger partial charge in [0.2, 0.25) is 0 Å². The summed E-state index contributed by atoms with van der Waals surface area (Å²) in [6.45, 7) is 14.4. The minimum atomic E-state index is 0.880. The molecule has 4 heteroatoms. The molecule has 4 nitrogen and oxygen atoms in total. The molecule has 0 atom stereocenters. The number of aromatic amines is 1. The van der Waals surface area contributed by atoms with E-state index in [0.717, 1.165) is 39.7 Å². The first kappa shape index (κ1) is 19.7. The maximum Gasteiger partial charge on any atom is 0.110 e. The fourth-order valence-corrected chi connectivity index (χ4v) is 3.43. The van der Waals surface area contributed by atoms with Gasteiger partial charge < -0.3 is 0 Å². The molecule has 1 heterocycles. The van der Waals surface area contributed by atoms with Crippen molar-refractivity contribution >= 4 is 22.8 Å². The Morgan fingerprint density at radius 1 is 0.750 bits per heavy atom. The highest BCUT2D eigenvalue weighted by molar-refractivity contribution is 6.05. The highest BCUT2D eigenvalue weighted by Gasteiger charge is 2.14. The Labute approximate surface area is 167 Å². The van der Waals surface area contributed by atoms with Gasteiger partial charge in [-0.3, -0.25) is 15.1 Å². The Kier molecular flexibility index (Phi) is 5.59. The number of aliphatic imine (C=N–C) groups is 2. The number of nitrogens with one attached hydrogen (secondary N) is 1. The largest absolute Gasteiger partial charge is 0.276 e. The van der Waals surface area contributed by atoms with Gasteiger partial charge in [0.15, 0.2) is 0 Å². The molecule has 0 amide bonds. The number of aromatic nitrogens is 2. The summed E-state index contributed by atoms with van der Waals surface area (Å²) in [5.74, 6) is 0. The molecule has 0 radical (unpaired) electrons. The Morgan fingerprint density at radius 2 is 1.25 bits per heavy atom. The summed E-state index contributed by atoms with van der Waals surface area (Å²) in [4.78, 5) is 9.62. The van der Waals surface area contributed by atoms with Crippen LogP contribution in [0.25, 0.3) is 0 Å². The fraction of sp³-hybridized carbons (Fsp3) is 0.292. The van der Waals surface area contributed by atoms with Crippen molar-refractivity contribution in [3.05, 3.63) is 75.6 Å². The standard InChI is InChI=1S/C24H28N4/c1-14-8-10-21(16(3)12-14)25-19(6)23-18(5)24(28-27-23)20(7)26-22-11-9-15(2)13-17(22)4/h8-13H,1-7H3,(H,27,28). The van der Waals surface area contributed by atoms with Crippen LogP contribution in [-0.2, 0) is 0 Å². The molecular weight excluding hydrogens is 344 g/mol. The van der Waals surface area contributed by atoms with Gasteiger partial charge in [0.25, 0.3) is 0 Å². The lowest BCUT2D eigenvalue weighted by atomic mass is 10.1. The minimum Gasteiger partial charge on any atom is -0.276 e. The smallest absolute Gasteiger partial charge is 0.110 e. The van der Waals surface area contributed by atoms with E-state index < -0.39 is 0 Å². The number of hydrogen-bond acceptors (Lipinski definition) is 3. The second-order valence-electron chi connectivity index (χ2n) is 7.55. The molecule has 0 aliphatic rings. The molecule has 0 spiro atoms. The molecule has 0 saturated heterocycles. The van der Waals surface area contributed by atoms with Gasteiger partial charge in [-0.15, -0.1) is 0 Å². The minimum absolute atomic E-state index is 0.880. The van der Waals surface area contributed by atoms with E-state index in [1.165, 1.54) is 22.3 Å². The highest BCUT2D eigenvalue weighted by atomic mass is 15.1. The van der Waals surface area contributed by atoms with E-state index in [2.05, 4.69) is 81.2 Å². The lowest BCUT2D eigenvalue weighted by Crippen LogP contribution is -2.00. The molecule has 0 saturated carbocycles. The van der Waals surface area contributed by atoms with E-state index in [4.69, 9.17) is 9.98 Å². The molecule has 0 bridgehead atoms. The second kappa shape index (κ2) is 7.93. The van der Waals surface area contributed by atoms with Crippen molar-refractivity contribution in [1.29, 1.82) is 0 Å². The van der Waals surface area contributed by atoms with Crippen molar-refractivity contribution in [2.45, 2.75) is 48.5 Å². The lowest BCUT2D eigenvalue weighted by molar-refractivity contribution is 1.06. The third-order valence-electron chi connectivity index (χ3n) is 5.00. The van der Waals surface area contributed by atoms with Crippen molar-refractivity contribution in [1.82, 2.24) is 10.2 Å². The van der Waals surface area contributed by atoms with Crippen LogP contribution < -0.4 is 0 Å². The molecular formula is C24H28N4. The van der Waals surface area contributed by atoms with Crippen molar-refractivity contribution in [2.75, 3.05) is 0 Å². The monoisotopic (exact) mass is 372 g/mol. The predicted octanol–water partition coefficient (Wildman–Crippen LogP) is 6.23. The topological polar surface area (TPSA) is 53.4 Å². The van der Waals surface area contributed by atoms with Crippen LogP contribution in [0.5, 0.6) is 0 Å². The van der Waals surface area contributed by atoms with Crippen molar-refractivity contribution in [2.24, 2.45) is 9.98 Å². The molecule has 1 N–H and O–H groups in total. The molecule has 2 aromatic carbocycles. The summed E-state index contributed by atoms with van der Waals surface area (Å²) in [7, 11) is 0. The van der Waals surface area contributed by atoms with E-state index >= 15 is 0 Å². The second-order valence-corrected chi connectivity index (χ2v) is 7.55. The molecule has 1 aromatic heterocycles. The first-order valence-corrected chi connectivity index (χ1v) is 9.57. The molecule has 0 unspecified atom stereocenters. The van der Waals surface area contributed by atoms with Crippen LogP contribution in [0.4, 0.5) is 11.4 Å². The summed E-state index contributed by atoms with van der Waals surface area (Å²) in [5.41, 5.74) is 11.5. The molecule has 3 rings (SSSR count). The number of nitrogens with zero attached hydrogens (tertiary/aromatic N) is 3. The first-order chi connectivity index (χ1) is 13.3. The third-order valence-corrected chi connectivity index (χ3v) is 5.00. The maximum atomic E-state index is 4.82. The number of aryl methyl sites for hydroxylation is 4. The molecule has 0 aliphatic carbocycles. The van der Waals surface area contributed by atoms with Gasteiger partial charge in [-0.1, -0.05) is 35.4 Å². The van der Waals surface area contributed by atoms with Crippen molar-refractivity contribution in [3.8, 4) is 0 Å². The van der Waals surface area contributed by atoms with Crippen LogP contribution >= 0.6 is 0 Å². The van der Waals surface area contributed by atoms with Gasteiger partial charge >= 0.3 is 0 Å². The summed E-state index contributed by atoms with van der Waals surface area (Å²) in [6.07, 6.45) is 0. The third kappa shape index (κ3) is 4.11. The Morgan fingerprint density at radius 3 is 1.75 bits per heavy atom. The lowest BCUT2D eigenvalue weighted by Gasteiger charge is -2.05. The van der Waals surface area contributed by atoms with Crippen molar-refractivity contribution in [3.63, 3.8) is 0 Å². The first-order valence-electron chi connectivity index (χ1n) is 9.57. The van der Waals surface area contributed by atoms with E-state index in [1.54, 1.807) is 0 Å². The zero-order valence-electron chi connectivity index (χ0n) is 17.8. The summed E-state index contributed by atoms with van der Waals surface area (Å²) >= 11 is 0. The maximum absolute atomic E-state index is 4.82. The van der Waals surface area contributed by atoms with Crippen LogP contribution in [0, 0.1) is 34.6 Å². The van der Waals surface area contributed by atoms with Gasteiger partial charge in [0.1, 0.15) is 5.69 Å². The van der Waals surface area contributed by atoms with Gasteiger partial charge in [0, 0.05) is 5.56 Å². The van der Waals surface area contributed by atoms with Crippen LogP contribution in [0.2, 0.25) is 0 Å². The number of hydrogen-bond donors (Lipinski definition) is 1. The summed E-state index contributed by atoms with van der Waals surface area (Å²) in [5, 5.41) is 7.68. The SMILES string of the molecule is CC(=Nc1ccc(C)cc1C)c1n[nH]c(C(C)=Nc2ccc(C)cc2C)c1C. The van der Waals surface area contributed by atoms with E-state index in [9.17, 15) is 0 Å². The Bertz CT molecular complexity index is 999. The van der Waals surface area contributed by atoms with Crippen molar-refractivity contribution < 1.29 is 0 Å². The fourth-order valence-electron chi connectivity index (χ4n) is 3.43. The normalized spacial score (nSPS) is 12.5.